The van der Waals surface area contributed by atoms with Gasteiger partial charge in [-0.05, 0) is 56.0 Å². The maximum Gasteiger partial charge on any atom is 0.250 e. The van der Waals surface area contributed by atoms with E-state index in [1.54, 1.807) is 30.0 Å². The maximum absolute atomic E-state index is 14.1. The molecule has 4 nitrogen and oxygen atoms in total. The average Bonchev–Trinajstić information content (AvgIpc) is 2.79. The minimum Gasteiger partial charge on any atom is -0.338 e. The maximum atomic E-state index is 14.1. The largest absolute Gasteiger partial charge is 0.338 e. The Morgan fingerprint density at radius 3 is 2.30 bits per heavy atom. The molecule has 1 aliphatic carbocycles. The number of amides is 2. The summed E-state index contributed by atoms with van der Waals surface area (Å²) in [4.78, 5) is 30.2. The minimum atomic E-state index is -2.71. The van der Waals surface area contributed by atoms with Gasteiger partial charge in [0.25, 0.3) is 5.91 Å². The lowest BCUT2D eigenvalue weighted by atomic mass is 9.89. The van der Waals surface area contributed by atoms with Gasteiger partial charge in [-0.15, -0.1) is 0 Å². The number of likely N-dealkylation sites (N-methyl/N-ethyl adjacent to an activating group) is 1. The SMILES string of the molecule is CCC(=O)N(c1cccc(F)c1)C(C(=O)N(CC)C1CCC(F)(F)CC1)c1ccccc1C. The van der Waals surface area contributed by atoms with Crippen molar-refractivity contribution in [1.82, 2.24) is 4.90 Å². The third-order valence-corrected chi connectivity index (χ3v) is 6.38. The van der Waals surface area contributed by atoms with Gasteiger partial charge < -0.3 is 4.90 Å². The molecule has 3 rings (SSSR count). The van der Waals surface area contributed by atoms with E-state index in [0.29, 0.717) is 12.1 Å². The molecule has 2 aromatic rings. The monoisotopic (exact) mass is 460 g/mol. The third-order valence-electron chi connectivity index (χ3n) is 6.38. The van der Waals surface area contributed by atoms with Crippen molar-refractivity contribution >= 4 is 17.5 Å². The molecule has 1 fully saturated rings. The fourth-order valence-electron chi connectivity index (χ4n) is 4.60. The summed E-state index contributed by atoms with van der Waals surface area (Å²) in [6.45, 7) is 5.69. The van der Waals surface area contributed by atoms with E-state index < -0.39 is 17.8 Å². The average molecular weight is 461 g/mol. The van der Waals surface area contributed by atoms with Crippen LogP contribution in [0.5, 0.6) is 0 Å². The van der Waals surface area contributed by atoms with Gasteiger partial charge in [0.1, 0.15) is 11.9 Å². The quantitative estimate of drug-likeness (QED) is 0.505. The Labute approximate surface area is 193 Å². The summed E-state index contributed by atoms with van der Waals surface area (Å²) in [5.41, 5.74) is 1.73. The van der Waals surface area contributed by atoms with Crippen LogP contribution in [0.2, 0.25) is 0 Å². The first-order valence-corrected chi connectivity index (χ1v) is 11.5. The number of hydrogen-bond acceptors (Lipinski definition) is 2. The van der Waals surface area contributed by atoms with Crippen LogP contribution in [0.3, 0.4) is 0 Å². The standard InChI is InChI=1S/C26H31F3N2O2/c1-4-23(32)31(21-11-8-10-19(27)17-21)24(22-12-7-6-9-18(22)3)25(33)30(5-2)20-13-15-26(28,29)16-14-20/h6-12,17,20,24H,4-5,13-16H2,1-3H3. The smallest absolute Gasteiger partial charge is 0.250 e. The first-order valence-electron chi connectivity index (χ1n) is 11.5. The van der Waals surface area contributed by atoms with Gasteiger partial charge >= 0.3 is 0 Å². The van der Waals surface area contributed by atoms with E-state index in [9.17, 15) is 22.8 Å². The van der Waals surface area contributed by atoms with E-state index >= 15 is 0 Å². The van der Waals surface area contributed by atoms with Gasteiger partial charge in [0, 0.05) is 37.5 Å². The van der Waals surface area contributed by atoms with Crippen molar-refractivity contribution in [3.63, 3.8) is 0 Å². The Balaban J connectivity index is 2.09. The molecule has 0 spiro atoms. The predicted octanol–water partition coefficient (Wildman–Crippen LogP) is 6.04. The Morgan fingerprint density at radius 1 is 1.06 bits per heavy atom. The molecule has 0 aliphatic heterocycles. The minimum absolute atomic E-state index is 0.119. The first-order chi connectivity index (χ1) is 15.7. The van der Waals surface area contributed by atoms with Crippen molar-refractivity contribution in [2.75, 3.05) is 11.4 Å². The van der Waals surface area contributed by atoms with Crippen molar-refractivity contribution in [3.8, 4) is 0 Å². The highest BCUT2D eigenvalue weighted by molar-refractivity contribution is 6.01. The number of aryl methyl sites for hydroxylation is 1. The van der Waals surface area contributed by atoms with Crippen LogP contribution < -0.4 is 4.90 Å². The lowest BCUT2D eigenvalue weighted by Crippen LogP contribution is -2.50. The fraction of sp³-hybridized carbons (Fsp3) is 0.462. The van der Waals surface area contributed by atoms with Crippen molar-refractivity contribution < 1.29 is 22.8 Å². The van der Waals surface area contributed by atoms with E-state index in [2.05, 4.69) is 0 Å². The lowest BCUT2D eigenvalue weighted by molar-refractivity contribution is -0.139. The first kappa shape index (κ1) is 24.8. The van der Waals surface area contributed by atoms with Crippen molar-refractivity contribution in [2.45, 2.75) is 70.9 Å². The molecule has 1 unspecified atom stereocenters. The second kappa shape index (κ2) is 10.4. The molecule has 2 aromatic carbocycles. The topological polar surface area (TPSA) is 40.6 Å². The number of nitrogens with zero attached hydrogens (tertiary/aromatic N) is 2. The van der Waals surface area contributed by atoms with E-state index in [1.807, 2.05) is 26.0 Å². The highest BCUT2D eigenvalue weighted by Crippen LogP contribution is 2.38. The molecule has 33 heavy (non-hydrogen) atoms. The molecule has 0 aromatic heterocycles. The summed E-state index contributed by atoms with van der Waals surface area (Å²) in [7, 11) is 0. The van der Waals surface area contributed by atoms with E-state index in [4.69, 9.17) is 0 Å². The molecule has 0 N–H and O–H groups in total. The summed E-state index contributed by atoms with van der Waals surface area (Å²) in [5, 5.41) is 0. The van der Waals surface area contributed by atoms with Crippen LogP contribution in [0, 0.1) is 12.7 Å². The van der Waals surface area contributed by atoms with Crippen LogP contribution in [-0.4, -0.2) is 35.2 Å². The number of alkyl halides is 2. The molecule has 1 saturated carbocycles. The van der Waals surface area contributed by atoms with Gasteiger partial charge in [0.15, 0.2) is 0 Å². The summed E-state index contributed by atoms with van der Waals surface area (Å²) in [5.74, 6) is -3.89. The Hall–Kier alpha value is -2.83. The van der Waals surface area contributed by atoms with Crippen molar-refractivity contribution in [3.05, 3.63) is 65.5 Å². The van der Waals surface area contributed by atoms with Gasteiger partial charge in [-0.25, -0.2) is 13.2 Å². The second-order valence-electron chi connectivity index (χ2n) is 8.57. The molecular formula is C26H31F3N2O2. The summed E-state index contributed by atoms with van der Waals surface area (Å²) < 4.78 is 41.7. The fourth-order valence-corrected chi connectivity index (χ4v) is 4.60. The van der Waals surface area contributed by atoms with Gasteiger partial charge in [0.2, 0.25) is 11.8 Å². The summed E-state index contributed by atoms with van der Waals surface area (Å²) >= 11 is 0. The van der Waals surface area contributed by atoms with Crippen LogP contribution in [0.4, 0.5) is 18.9 Å². The molecule has 178 valence electrons. The van der Waals surface area contributed by atoms with E-state index in [0.717, 1.165) is 5.56 Å². The zero-order valence-electron chi connectivity index (χ0n) is 19.4. The van der Waals surface area contributed by atoms with E-state index in [-0.39, 0.29) is 55.6 Å². The van der Waals surface area contributed by atoms with Crippen LogP contribution in [0.15, 0.2) is 48.5 Å². The van der Waals surface area contributed by atoms with Crippen LogP contribution in [0.25, 0.3) is 0 Å². The number of carbonyl (C=O) groups is 2. The van der Waals surface area contributed by atoms with Gasteiger partial charge in [-0.1, -0.05) is 37.3 Å². The normalized spacial score (nSPS) is 16.8. The van der Waals surface area contributed by atoms with Crippen molar-refractivity contribution in [2.24, 2.45) is 0 Å². The van der Waals surface area contributed by atoms with Gasteiger partial charge in [-0.2, -0.15) is 0 Å². The molecule has 7 heteroatoms. The van der Waals surface area contributed by atoms with E-state index in [1.165, 1.54) is 23.1 Å². The summed E-state index contributed by atoms with van der Waals surface area (Å²) in [6, 6.07) is 11.5. The highest BCUT2D eigenvalue weighted by Gasteiger charge is 2.41. The number of rotatable bonds is 7. The second-order valence-corrected chi connectivity index (χ2v) is 8.57. The molecule has 1 aliphatic rings. The number of hydrogen-bond donors (Lipinski definition) is 0. The Bertz CT molecular complexity index is 985. The Kier molecular flexibility index (Phi) is 7.82. The third kappa shape index (κ3) is 5.57. The molecule has 1 atom stereocenters. The number of halogens is 3. The number of anilines is 1. The zero-order chi connectivity index (χ0) is 24.2. The number of carbonyl (C=O) groups excluding carboxylic acids is 2. The molecule has 0 saturated heterocycles. The Morgan fingerprint density at radius 2 is 1.73 bits per heavy atom. The number of benzene rings is 2. The molecule has 0 bridgehead atoms. The molecule has 0 radical (unpaired) electrons. The van der Waals surface area contributed by atoms with Crippen LogP contribution in [0.1, 0.15) is 63.1 Å². The van der Waals surface area contributed by atoms with Gasteiger partial charge in [0.05, 0.1) is 0 Å². The predicted molar refractivity (Wildman–Crippen MR) is 123 cm³/mol. The highest BCUT2D eigenvalue weighted by atomic mass is 19.3. The molecule has 2 amide bonds. The van der Waals surface area contributed by atoms with Crippen molar-refractivity contribution in [1.29, 1.82) is 0 Å². The van der Waals surface area contributed by atoms with Crippen LogP contribution in [-0.2, 0) is 9.59 Å². The van der Waals surface area contributed by atoms with Gasteiger partial charge in [-0.3, -0.25) is 14.5 Å². The summed E-state index contributed by atoms with van der Waals surface area (Å²) in [6.07, 6.45) is -0.00652. The zero-order valence-corrected chi connectivity index (χ0v) is 19.4. The van der Waals surface area contributed by atoms with Crippen LogP contribution >= 0.6 is 0 Å². The lowest BCUT2D eigenvalue weighted by Gasteiger charge is -2.41. The molecule has 0 heterocycles. The molecular weight excluding hydrogens is 429 g/mol.